The number of carbonyl (C=O) groups is 2. The van der Waals surface area contributed by atoms with Gasteiger partial charge >= 0.3 is 6.03 Å². The topological polar surface area (TPSA) is 99.7 Å². The van der Waals surface area contributed by atoms with E-state index in [4.69, 9.17) is 4.74 Å². The summed E-state index contributed by atoms with van der Waals surface area (Å²) in [5.41, 5.74) is 0.343. The molecule has 3 atom stereocenters. The molecule has 2 aliphatic rings. The van der Waals surface area contributed by atoms with Gasteiger partial charge in [0.15, 0.2) is 0 Å². The summed E-state index contributed by atoms with van der Waals surface area (Å²) in [5.74, 6) is 0.139. The molecule has 4 N–H and O–H groups in total. The Morgan fingerprint density at radius 2 is 2.04 bits per heavy atom. The Labute approximate surface area is 157 Å². The molecule has 0 unspecified atom stereocenters. The molecule has 0 radical (unpaired) electrons. The van der Waals surface area contributed by atoms with Crippen LogP contribution in [0.1, 0.15) is 32.1 Å². The zero-order valence-electron chi connectivity index (χ0n) is 15.1. The summed E-state index contributed by atoms with van der Waals surface area (Å²) in [6.45, 7) is 0.463. The summed E-state index contributed by atoms with van der Waals surface area (Å²) in [7, 11) is 0. The van der Waals surface area contributed by atoms with Gasteiger partial charge in [-0.2, -0.15) is 0 Å². The number of ether oxygens (including phenoxy) is 1. The normalized spacial score (nSPS) is 24.9. The Morgan fingerprint density at radius 1 is 1.22 bits per heavy atom. The maximum Gasteiger partial charge on any atom is 0.319 e. The number of anilines is 1. The Hall–Kier alpha value is -2.19. The third kappa shape index (κ3) is 6.18. The van der Waals surface area contributed by atoms with Crippen molar-refractivity contribution in [1.82, 2.24) is 10.6 Å². The maximum absolute atomic E-state index is 13.2. The Morgan fingerprint density at radius 3 is 2.74 bits per heavy atom. The molecule has 148 valence electrons. The average Bonchev–Trinajstić information content (AvgIpc) is 3.45. The first-order chi connectivity index (χ1) is 13.0. The molecular weight excluding hydrogens is 353 g/mol. The van der Waals surface area contributed by atoms with Crippen LogP contribution in [-0.2, 0) is 9.53 Å². The second-order valence-electron chi connectivity index (χ2n) is 7.22. The van der Waals surface area contributed by atoms with Crippen LogP contribution in [0.15, 0.2) is 24.3 Å². The van der Waals surface area contributed by atoms with Gasteiger partial charge in [-0.1, -0.05) is 6.07 Å². The lowest BCUT2D eigenvalue weighted by Gasteiger charge is -2.35. The first-order valence-corrected chi connectivity index (χ1v) is 9.39. The van der Waals surface area contributed by atoms with Gasteiger partial charge in [0.05, 0.1) is 25.2 Å². The van der Waals surface area contributed by atoms with Crippen molar-refractivity contribution in [3.63, 3.8) is 0 Å². The highest BCUT2D eigenvalue weighted by molar-refractivity contribution is 5.89. The fourth-order valence-corrected chi connectivity index (χ4v) is 3.21. The smallest absolute Gasteiger partial charge is 0.319 e. The molecule has 0 bridgehead atoms. The van der Waals surface area contributed by atoms with Gasteiger partial charge in [0.1, 0.15) is 11.9 Å². The summed E-state index contributed by atoms with van der Waals surface area (Å²) in [4.78, 5) is 24.1. The number of halogens is 1. The number of hydrogen-bond donors (Lipinski definition) is 4. The van der Waals surface area contributed by atoms with Crippen molar-refractivity contribution in [2.24, 2.45) is 5.92 Å². The van der Waals surface area contributed by atoms with E-state index in [9.17, 15) is 19.1 Å². The van der Waals surface area contributed by atoms with Gasteiger partial charge in [-0.15, -0.1) is 0 Å². The molecule has 1 heterocycles. The number of hydrogen-bond acceptors (Lipinski definition) is 4. The van der Waals surface area contributed by atoms with Crippen molar-refractivity contribution < 1.29 is 23.8 Å². The SMILES string of the molecule is O=C(C[C@@H]1CC[C@@H](NC(=O)Nc2cccc(F)c2)[C@@H](CO)O1)NCC1CC1. The van der Waals surface area contributed by atoms with Crippen LogP contribution in [0.3, 0.4) is 0 Å². The maximum atomic E-state index is 13.2. The van der Waals surface area contributed by atoms with Crippen molar-refractivity contribution in [2.75, 3.05) is 18.5 Å². The number of aliphatic hydroxyl groups excluding tert-OH is 1. The van der Waals surface area contributed by atoms with E-state index in [0.29, 0.717) is 24.4 Å². The van der Waals surface area contributed by atoms with Crippen LogP contribution in [0.5, 0.6) is 0 Å². The molecule has 1 aromatic rings. The van der Waals surface area contributed by atoms with Crippen molar-refractivity contribution in [2.45, 2.75) is 50.4 Å². The molecule has 1 aliphatic carbocycles. The monoisotopic (exact) mass is 379 g/mol. The highest BCUT2D eigenvalue weighted by atomic mass is 19.1. The quantitative estimate of drug-likeness (QED) is 0.580. The van der Waals surface area contributed by atoms with Crippen molar-refractivity contribution in [3.05, 3.63) is 30.1 Å². The number of carbonyl (C=O) groups excluding carboxylic acids is 2. The Kier molecular flexibility index (Phi) is 6.63. The van der Waals surface area contributed by atoms with Gasteiger partial charge < -0.3 is 25.8 Å². The molecule has 7 nitrogen and oxygen atoms in total. The van der Waals surface area contributed by atoms with E-state index < -0.39 is 18.0 Å². The number of amides is 3. The summed E-state index contributed by atoms with van der Waals surface area (Å²) in [6, 6.07) is 4.73. The molecule has 1 saturated heterocycles. The molecule has 0 spiro atoms. The lowest BCUT2D eigenvalue weighted by atomic mass is 9.97. The predicted octanol–water partition coefficient (Wildman–Crippen LogP) is 1.77. The van der Waals surface area contributed by atoms with Crippen LogP contribution >= 0.6 is 0 Å². The fraction of sp³-hybridized carbons (Fsp3) is 0.579. The standard InChI is InChI=1S/C19H26FN3O4/c20-13-2-1-3-14(8-13)22-19(26)23-16-7-6-15(27-17(16)11-24)9-18(25)21-10-12-4-5-12/h1-3,8,12,15-17,24H,4-7,9-11H2,(H,21,25)(H2,22,23,26)/t15-,16+,17+/m0/s1. The number of rotatable bonds is 7. The molecule has 1 aromatic carbocycles. The Bertz CT molecular complexity index is 668. The van der Waals surface area contributed by atoms with Gasteiger partial charge in [-0.05, 0) is 49.8 Å². The molecule has 0 aromatic heterocycles. The molecular formula is C19H26FN3O4. The molecule has 1 aliphatic heterocycles. The Balaban J connectivity index is 1.44. The fourth-order valence-electron chi connectivity index (χ4n) is 3.21. The van der Waals surface area contributed by atoms with E-state index in [2.05, 4.69) is 16.0 Å². The van der Waals surface area contributed by atoms with E-state index in [1.54, 1.807) is 6.07 Å². The van der Waals surface area contributed by atoms with Gasteiger partial charge in [0.25, 0.3) is 0 Å². The minimum Gasteiger partial charge on any atom is -0.394 e. The zero-order chi connectivity index (χ0) is 19.2. The predicted molar refractivity (Wildman–Crippen MR) is 97.7 cm³/mol. The number of urea groups is 1. The molecule has 2 fully saturated rings. The summed E-state index contributed by atoms with van der Waals surface area (Å²) in [5, 5.41) is 17.8. The second kappa shape index (κ2) is 9.14. The van der Waals surface area contributed by atoms with E-state index in [1.165, 1.54) is 31.0 Å². The van der Waals surface area contributed by atoms with Crippen molar-refractivity contribution in [3.8, 4) is 0 Å². The van der Waals surface area contributed by atoms with Crippen LogP contribution in [0.4, 0.5) is 14.9 Å². The summed E-state index contributed by atoms with van der Waals surface area (Å²) in [6.07, 6.45) is 2.95. The minimum absolute atomic E-state index is 0.0427. The molecule has 3 rings (SSSR count). The number of benzene rings is 1. The first-order valence-electron chi connectivity index (χ1n) is 9.39. The van der Waals surface area contributed by atoms with Crippen LogP contribution in [0.25, 0.3) is 0 Å². The lowest BCUT2D eigenvalue weighted by Crippen LogP contribution is -2.52. The van der Waals surface area contributed by atoms with E-state index >= 15 is 0 Å². The highest BCUT2D eigenvalue weighted by Gasteiger charge is 2.33. The van der Waals surface area contributed by atoms with E-state index in [-0.39, 0.29) is 31.1 Å². The van der Waals surface area contributed by atoms with Crippen LogP contribution in [-0.4, -0.2) is 48.4 Å². The van der Waals surface area contributed by atoms with Gasteiger partial charge in [0.2, 0.25) is 5.91 Å². The van der Waals surface area contributed by atoms with Crippen LogP contribution in [0.2, 0.25) is 0 Å². The van der Waals surface area contributed by atoms with Crippen LogP contribution in [0, 0.1) is 11.7 Å². The first kappa shape index (κ1) is 19.6. The van der Waals surface area contributed by atoms with Crippen LogP contribution < -0.4 is 16.0 Å². The summed E-state index contributed by atoms with van der Waals surface area (Å²) < 4.78 is 19.0. The highest BCUT2D eigenvalue weighted by Crippen LogP contribution is 2.28. The zero-order valence-corrected chi connectivity index (χ0v) is 15.1. The van der Waals surface area contributed by atoms with E-state index in [1.807, 2.05) is 0 Å². The van der Waals surface area contributed by atoms with E-state index in [0.717, 1.165) is 6.54 Å². The molecule has 1 saturated carbocycles. The molecule has 3 amide bonds. The third-order valence-electron chi connectivity index (χ3n) is 4.89. The lowest BCUT2D eigenvalue weighted by molar-refractivity contribution is -0.130. The molecule has 27 heavy (non-hydrogen) atoms. The van der Waals surface area contributed by atoms with Gasteiger partial charge in [-0.25, -0.2) is 9.18 Å². The third-order valence-corrected chi connectivity index (χ3v) is 4.89. The summed E-state index contributed by atoms with van der Waals surface area (Å²) >= 11 is 0. The number of nitrogens with one attached hydrogen (secondary N) is 3. The molecule has 8 heteroatoms. The average molecular weight is 379 g/mol. The van der Waals surface area contributed by atoms with Gasteiger partial charge in [-0.3, -0.25) is 4.79 Å². The van der Waals surface area contributed by atoms with Crippen molar-refractivity contribution >= 4 is 17.6 Å². The second-order valence-corrected chi connectivity index (χ2v) is 7.22. The van der Waals surface area contributed by atoms with Gasteiger partial charge in [0, 0.05) is 12.2 Å². The van der Waals surface area contributed by atoms with Crippen molar-refractivity contribution in [1.29, 1.82) is 0 Å². The minimum atomic E-state index is -0.585. The number of aliphatic hydroxyl groups is 1. The largest absolute Gasteiger partial charge is 0.394 e.